The van der Waals surface area contributed by atoms with Crippen molar-refractivity contribution in [2.24, 2.45) is 0 Å². The number of amides is 2. The van der Waals surface area contributed by atoms with Gasteiger partial charge in [-0.05, 0) is 44.0 Å². The van der Waals surface area contributed by atoms with Crippen LogP contribution in [-0.2, 0) is 16.1 Å². The number of benzene rings is 2. The van der Waals surface area contributed by atoms with Crippen LogP contribution in [0.3, 0.4) is 0 Å². The van der Waals surface area contributed by atoms with Gasteiger partial charge in [0, 0.05) is 62.7 Å². The van der Waals surface area contributed by atoms with Crippen LogP contribution in [0.4, 0.5) is 5.69 Å². The number of hydrogen-bond donors (Lipinski definition) is 1. The van der Waals surface area contributed by atoms with Gasteiger partial charge in [-0.3, -0.25) is 19.6 Å². The van der Waals surface area contributed by atoms with Crippen LogP contribution in [0.25, 0.3) is 11.4 Å². The van der Waals surface area contributed by atoms with E-state index in [-0.39, 0.29) is 18.4 Å². The molecular formula is C27H34N6O3. The van der Waals surface area contributed by atoms with Crippen molar-refractivity contribution in [3.05, 3.63) is 66.0 Å². The zero-order chi connectivity index (χ0) is 25.5. The number of fused-ring (bicyclic) bond motifs is 1. The molecule has 1 aromatic heterocycles. The number of rotatable bonds is 5. The molecule has 0 fully saturated rings. The Bertz CT molecular complexity index is 1160. The summed E-state index contributed by atoms with van der Waals surface area (Å²) < 4.78 is 5.16. The summed E-state index contributed by atoms with van der Waals surface area (Å²) >= 11 is 0. The van der Waals surface area contributed by atoms with Crippen molar-refractivity contribution in [2.45, 2.75) is 32.9 Å². The summed E-state index contributed by atoms with van der Waals surface area (Å²) in [6, 6.07) is 15.6. The fourth-order valence-electron chi connectivity index (χ4n) is 4.58. The van der Waals surface area contributed by atoms with Crippen LogP contribution in [-0.4, -0.2) is 82.7 Å². The first-order chi connectivity index (χ1) is 17.5. The second-order valence-corrected chi connectivity index (χ2v) is 9.23. The third-order valence-electron chi connectivity index (χ3n) is 6.51. The Morgan fingerprint density at radius 3 is 2.64 bits per heavy atom. The fourth-order valence-corrected chi connectivity index (χ4v) is 4.58. The number of nitrogens with one attached hydrogen (secondary N) is 1. The molecule has 9 heteroatoms. The maximum Gasteiger partial charge on any atom is 0.254 e. The lowest BCUT2D eigenvalue weighted by Crippen LogP contribution is -2.41. The molecule has 0 saturated carbocycles. The number of hydrogen-bond acceptors (Lipinski definition) is 6. The van der Waals surface area contributed by atoms with Crippen LogP contribution in [0.15, 0.2) is 54.9 Å². The van der Waals surface area contributed by atoms with Crippen LogP contribution in [0.1, 0.15) is 36.2 Å². The molecule has 0 saturated heterocycles. The zero-order valence-electron chi connectivity index (χ0n) is 21.2. The van der Waals surface area contributed by atoms with Gasteiger partial charge in [-0.25, -0.2) is 4.98 Å². The standard InChI is InChI=1S/C27H34N6O3/c1-20(2)31-12-7-13-33(25(34)18-36-3)24-11-5-4-8-23(24)17-32(15-14-31)27(35)22-10-6-9-21(16-22)26-28-19-29-30-26/h4-6,8-11,16,19-20H,7,12-15,17-18H2,1-3H3,(H,28,29,30). The number of carbonyl (C=O) groups excluding carboxylic acids is 2. The summed E-state index contributed by atoms with van der Waals surface area (Å²) in [5.74, 6) is 0.465. The molecule has 2 amide bonds. The first kappa shape index (κ1) is 25.5. The highest BCUT2D eigenvalue weighted by Gasteiger charge is 2.25. The van der Waals surface area contributed by atoms with E-state index in [4.69, 9.17) is 4.74 Å². The third-order valence-corrected chi connectivity index (χ3v) is 6.51. The number of para-hydroxylation sites is 1. The molecule has 190 valence electrons. The maximum absolute atomic E-state index is 13.8. The maximum atomic E-state index is 13.8. The molecule has 1 aliphatic rings. The Balaban J connectivity index is 1.69. The molecule has 0 spiro atoms. The summed E-state index contributed by atoms with van der Waals surface area (Å²) in [4.78, 5) is 37.1. The number of carbonyl (C=O) groups is 2. The van der Waals surface area contributed by atoms with Crippen molar-refractivity contribution in [1.82, 2.24) is 25.0 Å². The van der Waals surface area contributed by atoms with Crippen molar-refractivity contribution in [1.29, 1.82) is 0 Å². The molecule has 2 heterocycles. The van der Waals surface area contributed by atoms with Gasteiger partial charge in [-0.15, -0.1) is 0 Å². The lowest BCUT2D eigenvalue weighted by Gasteiger charge is -2.30. The van der Waals surface area contributed by atoms with Gasteiger partial charge in [-0.2, -0.15) is 5.10 Å². The minimum atomic E-state index is -0.0853. The molecule has 2 aromatic carbocycles. The van der Waals surface area contributed by atoms with Gasteiger partial charge < -0.3 is 14.5 Å². The molecule has 0 unspecified atom stereocenters. The predicted octanol–water partition coefficient (Wildman–Crippen LogP) is 3.21. The average molecular weight is 491 g/mol. The summed E-state index contributed by atoms with van der Waals surface area (Å²) in [5, 5.41) is 6.78. The Morgan fingerprint density at radius 2 is 1.89 bits per heavy atom. The summed E-state index contributed by atoms with van der Waals surface area (Å²) in [6.45, 7) is 7.48. The smallest absolute Gasteiger partial charge is 0.254 e. The SMILES string of the molecule is COCC(=O)N1CCCN(C(C)C)CCN(C(=O)c2cccc(-c3ncn[nH]3)c2)Cc2ccccc21. The highest BCUT2D eigenvalue weighted by atomic mass is 16.5. The molecule has 3 aromatic rings. The van der Waals surface area contributed by atoms with E-state index in [1.807, 2.05) is 53.4 Å². The van der Waals surface area contributed by atoms with E-state index >= 15 is 0 Å². The number of anilines is 1. The van der Waals surface area contributed by atoms with E-state index in [1.165, 1.54) is 13.4 Å². The van der Waals surface area contributed by atoms with Crippen molar-refractivity contribution < 1.29 is 14.3 Å². The van der Waals surface area contributed by atoms with Gasteiger partial charge in [0.2, 0.25) is 0 Å². The van der Waals surface area contributed by atoms with E-state index in [1.54, 1.807) is 4.90 Å². The minimum Gasteiger partial charge on any atom is -0.375 e. The van der Waals surface area contributed by atoms with Gasteiger partial charge in [0.05, 0.1) is 0 Å². The number of ether oxygens (including phenoxy) is 1. The lowest BCUT2D eigenvalue weighted by molar-refractivity contribution is -0.122. The largest absolute Gasteiger partial charge is 0.375 e. The molecule has 0 atom stereocenters. The number of nitrogens with zero attached hydrogens (tertiary/aromatic N) is 5. The lowest BCUT2D eigenvalue weighted by atomic mass is 10.1. The van der Waals surface area contributed by atoms with E-state index in [0.717, 1.165) is 36.3 Å². The summed E-state index contributed by atoms with van der Waals surface area (Å²) in [5.41, 5.74) is 3.14. The molecule has 36 heavy (non-hydrogen) atoms. The van der Waals surface area contributed by atoms with E-state index in [0.29, 0.717) is 37.1 Å². The molecule has 9 nitrogen and oxygen atoms in total. The molecule has 1 N–H and O–H groups in total. The molecule has 0 bridgehead atoms. The first-order valence-corrected chi connectivity index (χ1v) is 12.3. The van der Waals surface area contributed by atoms with Crippen molar-refractivity contribution >= 4 is 17.5 Å². The minimum absolute atomic E-state index is 0.0132. The highest BCUT2D eigenvalue weighted by Crippen LogP contribution is 2.25. The van der Waals surface area contributed by atoms with Gasteiger partial charge in [0.25, 0.3) is 11.8 Å². The molecule has 0 radical (unpaired) electrons. The number of methoxy groups -OCH3 is 1. The molecular weight excluding hydrogens is 456 g/mol. The van der Waals surface area contributed by atoms with Crippen molar-refractivity contribution in [3.8, 4) is 11.4 Å². The Hall–Kier alpha value is -3.56. The van der Waals surface area contributed by atoms with Crippen LogP contribution in [0, 0.1) is 0 Å². The van der Waals surface area contributed by atoms with E-state index < -0.39 is 0 Å². The zero-order valence-corrected chi connectivity index (χ0v) is 21.2. The van der Waals surface area contributed by atoms with Crippen LogP contribution >= 0.6 is 0 Å². The van der Waals surface area contributed by atoms with Gasteiger partial charge in [-0.1, -0.05) is 30.3 Å². The Kier molecular flexibility index (Phi) is 8.45. The normalized spacial score (nSPS) is 15.4. The Labute approximate surface area is 212 Å². The fraction of sp³-hybridized carbons (Fsp3) is 0.407. The third kappa shape index (κ3) is 5.98. The summed E-state index contributed by atoms with van der Waals surface area (Å²) in [6.07, 6.45) is 2.28. The van der Waals surface area contributed by atoms with Crippen LogP contribution in [0.2, 0.25) is 0 Å². The quantitative estimate of drug-likeness (QED) is 0.590. The van der Waals surface area contributed by atoms with Crippen LogP contribution in [0.5, 0.6) is 0 Å². The molecule has 0 aliphatic carbocycles. The van der Waals surface area contributed by atoms with Crippen molar-refractivity contribution in [2.75, 3.05) is 44.8 Å². The molecule has 1 aliphatic heterocycles. The highest BCUT2D eigenvalue weighted by molar-refractivity contribution is 5.96. The van der Waals surface area contributed by atoms with E-state index in [2.05, 4.69) is 33.9 Å². The average Bonchev–Trinajstić information content (AvgIpc) is 3.41. The number of aromatic nitrogens is 3. The molecule has 4 rings (SSSR count). The second-order valence-electron chi connectivity index (χ2n) is 9.23. The second kappa shape index (κ2) is 11.9. The van der Waals surface area contributed by atoms with Gasteiger partial charge in [0.1, 0.15) is 12.9 Å². The van der Waals surface area contributed by atoms with E-state index in [9.17, 15) is 9.59 Å². The van der Waals surface area contributed by atoms with Gasteiger partial charge in [0.15, 0.2) is 5.82 Å². The predicted molar refractivity (Wildman–Crippen MR) is 139 cm³/mol. The topological polar surface area (TPSA) is 94.7 Å². The Morgan fingerprint density at radius 1 is 1.06 bits per heavy atom. The number of aromatic amines is 1. The van der Waals surface area contributed by atoms with Gasteiger partial charge >= 0.3 is 0 Å². The first-order valence-electron chi connectivity index (χ1n) is 12.3. The van der Waals surface area contributed by atoms with Crippen LogP contribution < -0.4 is 4.90 Å². The summed E-state index contributed by atoms with van der Waals surface area (Å²) in [7, 11) is 1.53. The monoisotopic (exact) mass is 490 g/mol. The van der Waals surface area contributed by atoms with Crippen molar-refractivity contribution in [3.63, 3.8) is 0 Å². The number of H-pyrrole nitrogens is 1.